The van der Waals surface area contributed by atoms with E-state index in [0.717, 1.165) is 16.9 Å². The Bertz CT molecular complexity index is 756. The van der Waals surface area contributed by atoms with Gasteiger partial charge < -0.3 is 11.1 Å². The SMILES string of the molecule is Nc1ccc(Nc2nccc(-c3ccccc3Cl)n2)cc1. The summed E-state index contributed by atoms with van der Waals surface area (Å²) in [5, 5.41) is 3.80. The summed E-state index contributed by atoms with van der Waals surface area (Å²) in [6.45, 7) is 0. The van der Waals surface area contributed by atoms with E-state index in [1.54, 1.807) is 6.20 Å². The molecule has 5 heteroatoms. The first-order valence-electron chi connectivity index (χ1n) is 6.43. The molecule has 21 heavy (non-hydrogen) atoms. The number of rotatable bonds is 3. The zero-order valence-electron chi connectivity index (χ0n) is 11.1. The Morgan fingerprint density at radius 1 is 0.952 bits per heavy atom. The highest BCUT2D eigenvalue weighted by Crippen LogP contribution is 2.26. The molecule has 104 valence electrons. The number of nitrogen functional groups attached to an aromatic ring is 1. The smallest absolute Gasteiger partial charge is 0.227 e. The molecule has 3 aromatic rings. The zero-order valence-corrected chi connectivity index (χ0v) is 11.9. The third kappa shape index (κ3) is 3.12. The number of hydrogen-bond acceptors (Lipinski definition) is 4. The molecule has 0 amide bonds. The normalized spacial score (nSPS) is 10.3. The maximum absolute atomic E-state index is 6.19. The largest absolute Gasteiger partial charge is 0.399 e. The van der Waals surface area contributed by atoms with E-state index in [4.69, 9.17) is 17.3 Å². The van der Waals surface area contributed by atoms with Gasteiger partial charge in [0, 0.05) is 28.2 Å². The molecule has 0 aliphatic rings. The van der Waals surface area contributed by atoms with Crippen molar-refractivity contribution in [3.8, 4) is 11.3 Å². The second-order valence-electron chi connectivity index (χ2n) is 4.49. The third-order valence-corrected chi connectivity index (χ3v) is 3.30. The van der Waals surface area contributed by atoms with Crippen molar-refractivity contribution in [3.05, 3.63) is 65.8 Å². The summed E-state index contributed by atoms with van der Waals surface area (Å²) in [6.07, 6.45) is 1.70. The van der Waals surface area contributed by atoms with E-state index in [1.165, 1.54) is 0 Å². The predicted molar refractivity (Wildman–Crippen MR) is 86.6 cm³/mol. The van der Waals surface area contributed by atoms with Crippen molar-refractivity contribution in [3.63, 3.8) is 0 Å². The van der Waals surface area contributed by atoms with E-state index in [1.807, 2.05) is 54.6 Å². The lowest BCUT2D eigenvalue weighted by Gasteiger charge is -2.07. The number of nitrogens with one attached hydrogen (secondary N) is 1. The van der Waals surface area contributed by atoms with Gasteiger partial charge in [-0.25, -0.2) is 9.97 Å². The highest BCUT2D eigenvalue weighted by Gasteiger charge is 2.06. The van der Waals surface area contributed by atoms with Crippen LogP contribution < -0.4 is 11.1 Å². The number of anilines is 3. The molecule has 3 rings (SSSR count). The van der Waals surface area contributed by atoms with Crippen LogP contribution in [-0.4, -0.2) is 9.97 Å². The maximum atomic E-state index is 6.19. The number of aromatic nitrogens is 2. The summed E-state index contributed by atoms with van der Waals surface area (Å²) in [6, 6.07) is 16.8. The number of halogens is 1. The Hall–Kier alpha value is -2.59. The van der Waals surface area contributed by atoms with Gasteiger partial charge in [-0.2, -0.15) is 0 Å². The van der Waals surface area contributed by atoms with Gasteiger partial charge in [-0.3, -0.25) is 0 Å². The van der Waals surface area contributed by atoms with Crippen LogP contribution in [-0.2, 0) is 0 Å². The third-order valence-electron chi connectivity index (χ3n) is 2.97. The van der Waals surface area contributed by atoms with Crippen LogP contribution in [0.5, 0.6) is 0 Å². The Balaban J connectivity index is 1.90. The Labute approximate surface area is 127 Å². The molecule has 0 aliphatic carbocycles. The fourth-order valence-electron chi connectivity index (χ4n) is 1.93. The molecule has 0 atom stereocenters. The average Bonchev–Trinajstić information content (AvgIpc) is 2.50. The van der Waals surface area contributed by atoms with Crippen LogP contribution in [0.2, 0.25) is 5.02 Å². The molecule has 2 aromatic carbocycles. The topological polar surface area (TPSA) is 63.8 Å². The molecule has 3 N–H and O–H groups in total. The van der Waals surface area contributed by atoms with Gasteiger partial charge in [-0.15, -0.1) is 0 Å². The number of hydrogen-bond donors (Lipinski definition) is 2. The van der Waals surface area contributed by atoms with Gasteiger partial charge in [0.2, 0.25) is 5.95 Å². The summed E-state index contributed by atoms with van der Waals surface area (Å²) in [4.78, 5) is 8.70. The molecule has 0 spiro atoms. The molecule has 0 bridgehead atoms. The van der Waals surface area contributed by atoms with E-state index in [-0.39, 0.29) is 0 Å². The molecule has 0 saturated carbocycles. The number of nitrogens with two attached hydrogens (primary N) is 1. The van der Waals surface area contributed by atoms with Gasteiger partial charge in [-0.1, -0.05) is 29.8 Å². The molecule has 4 nitrogen and oxygen atoms in total. The maximum Gasteiger partial charge on any atom is 0.227 e. The monoisotopic (exact) mass is 296 g/mol. The first kappa shape index (κ1) is 13.4. The van der Waals surface area contributed by atoms with Crippen LogP contribution in [0.1, 0.15) is 0 Å². The van der Waals surface area contributed by atoms with Crippen LogP contribution in [0.25, 0.3) is 11.3 Å². The molecule has 0 saturated heterocycles. The van der Waals surface area contributed by atoms with Crippen molar-refractivity contribution in [1.29, 1.82) is 0 Å². The molecule has 0 radical (unpaired) electrons. The van der Waals surface area contributed by atoms with E-state index in [9.17, 15) is 0 Å². The highest BCUT2D eigenvalue weighted by atomic mass is 35.5. The summed E-state index contributed by atoms with van der Waals surface area (Å²) >= 11 is 6.19. The number of benzene rings is 2. The van der Waals surface area contributed by atoms with Gasteiger partial charge >= 0.3 is 0 Å². The molecule has 0 aliphatic heterocycles. The molecule has 0 unspecified atom stereocenters. The first-order valence-corrected chi connectivity index (χ1v) is 6.81. The molecular formula is C16H13ClN4. The van der Waals surface area contributed by atoms with E-state index in [0.29, 0.717) is 16.7 Å². The minimum atomic E-state index is 0.511. The lowest BCUT2D eigenvalue weighted by atomic mass is 10.1. The van der Waals surface area contributed by atoms with Gasteiger partial charge in [-0.05, 0) is 36.4 Å². The summed E-state index contributed by atoms with van der Waals surface area (Å²) in [7, 11) is 0. The second kappa shape index (κ2) is 5.81. The van der Waals surface area contributed by atoms with Gasteiger partial charge in [0.1, 0.15) is 0 Å². The fourth-order valence-corrected chi connectivity index (χ4v) is 2.17. The molecule has 0 fully saturated rings. The van der Waals surface area contributed by atoms with Crippen molar-refractivity contribution < 1.29 is 0 Å². The Morgan fingerprint density at radius 3 is 2.48 bits per heavy atom. The fraction of sp³-hybridized carbons (Fsp3) is 0. The lowest BCUT2D eigenvalue weighted by molar-refractivity contribution is 1.17. The van der Waals surface area contributed by atoms with Crippen molar-refractivity contribution in [1.82, 2.24) is 9.97 Å². The van der Waals surface area contributed by atoms with Gasteiger partial charge in [0.05, 0.1) is 5.69 Å². The van der Waals surface area contributed by atoms with Crippen LogP contribution in [0.15, 0.2) is 60.8 Å². The Kier molecular flexibility index (Phi) is 3.71. The van der Waals surface area contributed by atoms with Crippen LogP contribution >= 0.6 is 11.6 Å². The highest BCUT2D eigenvalue weighted by molar-refractivity contribution is 6.33. The standard InChI is InChI=1S/C16H13ClN4/c17-14-4-2-1-3-13(14)15-9-10-19-16(21-15)20-12-7-5-11(18)6-8-12/h1-10H,18H2,(H,19,20,21). The van der Waals surface area contributed by atoms with Crippen molar-refractivity contribution >= 4 is 28.9 Å². The second-order valence-corrected chi connectivity index (χ2v) is 4.90. The van der Waals surface area contributed by atoms with Crippen LogP contribution in [0.4, 0.5) is 17.3 Å². The van der Waals surface area contributed by atoms with Gasteiger partial charge in [0.15, 0.2) is 0 Å². The summed E-state index contributed by atoms with van der Waals surface area (Å²) < 4.78 is 0. The van der Waals surface area contributed by atoms with Crippen LogP contribution in [0, 0.1) is 0 Å². The lowest BCUT2D eigenvalue weighted by Crippen LogP contribution is -1.98. The zero-order chi connectivity index (χ0) is 14.7. The van der Waals surface area contributed by atoms with Crippen molar-refractivity contribution in [2.24, 2.45) is 0 Å². The molecule has 1 heterocycles. The van der Waals surface area contributed by atoms with E-state index >= 15 is 0 Å². The summed E-state index contributed by atoms with van der Waals surface area (Å²) in [5.74, 6) is 0.511. The van der Waals surface area contributed by atoms with E-state index in [2.05, 4.69) is 15.3 Å². The van der Waals surface area contributed by atoms with Crippen molar-refractivity contribution in [2.45, 2.75) is 0 Å². The Morgan fingerprint density at radius 2 is 1.71 bits per heavy atom. The first-order chi connectivity index (χ1) is 10.2. The van der Waals surface area contributed by atoms with Crippen molar-refractivity contribution in [2.75, 3.05) is 11.1 Å². The quantitative estimate of drug-likeness (QED) is 0.714. The summed E-state index contributed by atoms with van der Waals surface area (Å²) in [5.41, 5.74) is 8.90. The average molecular weight is 297 g/mol. The predicted octanol–water partition coefficient (Wildman–Crippen LogP) is 4.12. The minimum absolute atomic E-state index is 0.511. The van der Waals surface area contributed by atoms with Gasteiger partial charge in [0.25, 0.3) is 0 Å². The number of nitrogens with zero attached hydrogens (tertiary/aromatic N) is 2. The minimum Gasteiger partial charge on any atom is -0.399 e. The molecule has 1 aromatic heterocycles. The van der Waals surface area contributed by atoms with E-state index < -0.39 is 0 Å². The molecular weight excluding hydrogens is 284 g/mol. The van der Waals surface area contributed by atoms with Crippen LogP contribution in [0.3, 0.4) is 0 Å².